The maximum absolute atomic E-state index is 6.08. The first-order valence-corrected chi connectivity index (χ1v) is 9.71. The first-order chi connectivity index (χ1) is 13.5. The van der Waals surface area contributed by atoms with Gasteiger partial charge >= 0.3 is 0 Å². The molecule has 0 N–H and O–H groups in total. The van der Waals surface area contributed by atoms with Crippen LogP contribution in [-0.4, -0.2) is 9.55 Å². The maximum Gasteiger partial charge on any atom is 0.148 e. The highest BCUT2D eigenvalue weighted by molar-refractivity contribution is 5.76. The summed E-state index contributed by atoms with van der Waals surface area (Å²) in [5.74, 6) is 1.82. The zero-order chi connectivity index (χ0) is 19.7. The van der Waals surface area contributed by atoms with E-state index in [1.165, 1.54) is 27.8 Å². The highest BCUT2D eigenvalue weighted by Crippen LogP contribution is 2.23. The van der Waals surface area contributed by atoms with E-state index in [-0.39, 0.29) is 0 Å². The summed E-state index contributed by atoms with van der Waals surface area (Å²) in [6, 6.07) is 21.0. The number of imidazole rings is 1. The molecule has 142 valence electrons. The molecule has 0 saturated carbocycles. The van der Waals surface area contributed by atoms with Crippen LogP contribution in [0.2, 0.25) is 0 Å². The molecular formula is C25H26N2O. The van der Waals surface area contributed by atoms with Crippen LogP contribution < -0.4 is 4.74 Å². The molecule has 0 amide bonds. The van der Waals surface area contributed by atoms with Gasteiger partial charge in [-0.05, 0) is 74.2 Å². The lowest BCUT2D eigenvalue weighted by Crippen LogP contribution is -2.10. The van der Waals surface area contributed by atoms with Gasteiger partial charge in [0.1, 0.15) is 18.2 Å². The van der Waals surface area contributed by atoms with Crippen molar-refractivity contribution >= 4 is 11.0 Å². The Morgan fingerprint density at radius 1 is 0.821 bits per heavy atom. The Labute approximate surface area is 166 Å². The number of benzene rings is 3. The average Bonchev–Trinajstić information content (AvgIpc) is 3.00. The van der Waals surface area contributed by atoms with Gasteiger partial charge in [-0.15, -0.1) is 0 Å². The van der Waals surface area contributed by atoms with Crippen LogP contribution in [-0.2, 0) is 13.2 Å². The third-order valence-electron chi connectivity index (χ3n) is 5.25. The molecule has 0 aliphatic heterocycles. The van der Waals surface area contributed by atoms with Crippen molar-refractivity contribution in [3.63, 3.8) is 0 Å². The van der Waals surface area contributed by atoms with E-state index >= 15 is 0 Å². The molecule has 0 radical (unpaired) electrons. The number of hydrogen-bond acceptors (Lipinski definition) is 2. The van der Waals surface area contributed by atoms with Crippen molar-refractivity contribution in [2.45, 2.75) is 40.8 Å². The topological polar surface area (TPSA) is 27.1 Å². The second-order valence-electron chi connectivity index (χ2n) is 7.59. The van der Waals surface area contributed by atoms with Gasteiger partial charge in [0.15, 0.2) is 0 Å². The number of ether oxygens (including phenoxy) is 1. The summed E-state index contributed by atoms with van der Waals surface area (Å²) < 4.78 is 8.36. The summed E-state index contributed by atoms with van der Waals surface area (Å²) in [5.41, 5.74) is 8.64. The van der Waals surface area contributed by atoms with E-state index < -0.39 is 0 Å². The highest BCUT2D eigenvalue weighted by atomic mass is 16.5. The smallest absolute Gasteiger partial charge is 0.148 e. The Balaban J connectivity index is 1.71. The van der Waals surface area contributed by atoms with E-state index in [1.54, 1.807) is 0 Å². The van der Waals surface area contributed by atoms with Gasteiger partial charge in [0.25, 0.3) is 0 Å². The van der Waals surface area contributed by atoms with E-state index in [9.17, 15) is 0 Å². The van der Waals surface area contributed by atoms with Crippen LogP contribution in [0.4, 0.5) is 0 Å². The van der Waals surface area contributed by atoms with E-state index in [2.05, 4.69) is 74.7 Å². The third-order valence-corrected chi connectivity index (χ3v) is 5.25. The van der Waals surface area contributed by atoms with Gasteiger partial charge in [-0.1, -0.05) is 42.0 Å². The number of para-hydroxylation sites is 2. The first-order valence-electron chi connectivity index (χ1n) is 9.71. The fraction of sp³-hybridized carbons (Fsp3) is 0.240. The Bertz CT molecular complexity index is 1120. The van der Waals surface area contributed by atoms with Crippen molar-refractivity contribution in [1.29, 1.82) is 0 Å². The lowest BCUT2D eigenvalue weighted by atomic mass is 10.00. The predicted molar refractivity (Wildman–Crippen MR) is 115 cm³/mol. The van der Waals surface area contributed by atoms with Gasteiger partial charge in [-0.25, -0.2) is 4.98 Å². The summed E-state index contributed by atoms with van der Waals surface area (Å²) in [6.45, 7) is 9.85. The quantitative estimate of drug-likeness (QED) is 0.437. The molecule has 1 heterocycles. The average molecular weight is 370 g/mol. The molecule has 4 aromatic rings. The van der Waals surface area contributed by atoms with Crippen molar-refractivity contribution < 1.29 is 4.74 Å². The van der Waals surface area contributed by atoms with Crippen LogP contribution >= 0.6 is 0 Å². The highest BCUT2D eigenvalue weighted by Gasteiger charge is 2.14. The summed E-state index contributed by atoms with van der Waals surface area (Å²) in [4.78, 5) is 4.86. The van der Waals surface area contributed by atoms with E-state index in [4.69, 9.17) is 9.72 Å². The van der Waals surface area contributed by atoms with Crippen LogP contribution in [0.3, 0.4) is 0 Å². The largest absolute Gasteiger partial charge is 0.486 e. The summed E-state index contributed by atoms with van der Waals surface area (Å²) in [7, 11) is 0. The maximum atomic E-state index is 6.08. The van der Waals surface area contributed by atoms with Gasteiger partial charge in [-0.3, -0.25) is 0 Å². The van der Waals surface area contributed by atoms with E-state index in [0.29, 0.717) is 6.61 Å². The van der Waals surface area contributed by atoms with Crippen LogP contribution in [0.25, 0.3) is 11.0 Å². The molecule has 0 aliphatic rings. The van der Waals surface area contributed by atoms with Gasteiger partial charge in [0.2, 0.25) is 0 Å². The zero-order valence-electron chi connectivity index (χ0n) is 17.0. The van der Waals surface area contributed by atoms with Crippen LogP contribution in [0, 0.1) is 27.7 Å². The number of hydrogen-bond donors (Lipinski definition) is 0. The SMILES string of the molecule is Cc1cccc(OCc2nc3ccccc3n2Cc2c(C)cc(C)cc2C)c1. The molecule has 3 heteroatoms. The van der Waals surface area contributed by atoms with Crippen molar-refractivity contribution in [3.8, 4) is 5.75 Å². The third kappa shape index (κ3) is 3.65. The van der Waals surface area contributed by atoms with Crippen molar-refractivity contribution in [2.24, 2.45) is 0 Å². The molecule has 0 spiro atoms. The summed E-state index contributed by atoms with van der Waals surface area (Å²) >= 11 is 0. The molecule has 4 rings (SSSR count). The number of rotatable bonds is 5. The second kappa shape index (κ2) is 7.51. The number of aryl methyl sites for hydroxylation is 4. The van der Waals surface area contributed by atoms with E-state index in [0.717, 1.165) is 29.2 Å². The Hall–Kier alpha value is -3.07. The Morgan fingerprint density at radius 2 is 1.57 bits per heavy atom. The fourth-order valence-electron chi connectivity index (χ4n) is 3.88. The van der Waals surface area contributed by atoms with Gasteiger partial charge in [-0.2, -0.15) is 0 Å². The standard InChI is InChI=1S/C25H26N2O/c1-17-8-7-9-21(14-17)28-16-25-26-23-10-5-6-11-24(23)27(25)15-22-19(3)12-18(2)13-20(22)4/h5-14H,15-16H2,1-4H3. The number of fused-ring (bicyclic) bond motifs is 1. The summed E-state index contributed by atoms with van der Waals surface area (Å²) in [5, 5.41) is 0. The minimum Gasteiger partial charge on any atom is -0.486 e. The van der Waals surface area contributed by atoms with Crippen molar-refractivity contribution in [2.75, 3.05) is 0 Å². The van der Waals surface area contributed by atoms with Crippen molar-refractivity contribution in [1.82, 2.24) is 9.55 Å². The molecule has 0 fully saturated rings. The van der Waals surface area contributed by atoms with Crippen LogP contribution in [0.1, 0.15) is 33.6 Å². The Morgan fingerprint density at radius 3 is 2.32 bits per heavy atom. The first kappa shape index (κ1) is 18.3. The molecule has 0 atom stereocenters. The molecule has 1 aromatic heterocycles. The molecule has 0 bridgehead atoms. The molecule has 0 saturated heterocycles. The zero-order valence-corrected chi connectivity index (χ0v) is 17.0. The van der Waals surface area contributed by atoms with Gasteiger partial charge < -0.3 is 9.30 Å². The summed E-state index contributed by atoms with van der Waals surface area (Å²) in [6.07, 6.45) is 0. The molecule has 0 aliphatic carbocycles. The molecule has 3 aromatic carbocycles. The number of aromatic nitrogens is 2. The molecule has 28 heavy (non-hydrogen) atoms. The second-order valence-corrected chi connectivity index (χ2v) is 7.59. The van der Waals surface area contributed by atoms with Crippen LogP contribution in [0.5, 0.6) is 5.75 Å². The predicted octanol–water partition coefficient (Wildman–Crippen LogP) is 5.90. The Kier molecular flexibility index (Phi) is 4.91. The van der Waals surface area contributed by atoms with Gasteiger partial charge in [0, 0.05) is 6.54 Å². The normalized spacial score (nSPS) is 11.1. The van der Waals surface area contributed by atoms with Crippen LogP contribution in [0.15, 0.2) is 60.7 Å². The minimum atomic E-state index is 0.447. The number of nitrogens with zero attached hydrogens (tertiary/aromatic N) is 2. The van der Waals surface area contributed by atoms with Crippen molar-refractivity contribution in [3.05, 3.63) is 94.3 Å². The van der Waals surface area contributed by atoms with Gasteiger partial charge in [0.05, 0.1) is 11.0 Å². The molecule has 3 nitrogen and oxygen atoms in total. The fourth-order valence-corrected chi connectivity index (χ4v) is 3.88. The molecular weight excluding hydrogens is 344 g/mol. The lowest BCUT2D eigenvalue weighted by molar-refractivity contribution is 0.291. The monoisotopic (exact) mass is 370 g/mol. The minimum absolute atomic E-state index is 0.447. The lowest BCUT2D eigenvalue weighted by Gasteiger charge is -2.15. The van der Waals surface area contributed by atoms with E-state index in [1.807, 2.05) is 18.2 Å². The molecule has 0 unspecified atom stereocenters.